The summed E-state index contributed by atoms with van der Waals surface area (Å²) in [7, 11) is 1.54. The second kappa shape index (κ2) is 14.3. The van der Waals surface area contributed by atoms with Gasteiger partial charge in [-0.2, -0.15) is 0 Å². The van der Waals surface area contributed by atoms with Gasteiger partial charge < -0.3 is 35.2 Å². The van der Waals surface area contributed by atoms with Crippen LogP contribution in [0.15, 0.2) is 0 Å². The Labute approximate surface area is 227 Å². The molecule has 38 heavy (non-hydrogen) atoms. The third-order valence-electron chi connectivity index (χ3n) is 10.2. The van der Waals surface area contributed by atoms with Crippen molar-refractivity contribution in [1.82, 2.24) is 0 Å². The van der Waals surface area contributed by atoms with E-state index in [1.54, 1.807) is 7.11 Å². The summed E-state index contributed by atoms with van der Waals surface area (Å²) in [6.45, 7) is 1.67. The largest absolute Gasteiger partial charge is 0.392 e. The Bertz CT molecular complexity index is 742. The van der Waals surface area contributed by atoms with Gasteiger partial charge in [-0.3, -0.25) is 10.5 Å². The van der Waals surface area contributed by atoms with Gasteiger partial charge in [0, 0.05) is 32.5 Å². The number of aliphatic hydroxyl groups excluding tert-OH is 4. The van der Waals surface area contributed by atoms with Crippen LogP contribution in [0.3, 0.4) is 0 Å². The van der Waals surface area contributed by atoms with Gasteiger partial charge in [-0.1, -0.05) is 0 Å². The first-order valence-electron chi connectivity index (χ1n) is 15.2. The number of carbonyl (C=O) groups excluding carboxylic acids is 1. The predicted molar refractivity (Wildman–Crippen MR) is 142 cm³/mol. The maximum atomic E-state index is 13.6. The number of methoxy groups -OCH3 is 1. The highest BCUT2D eigenvalue weighted by molar-refractivity contribution is 5.81. The number of quaternary nitrogens is 1. The molecular weight excluding hydrogens is 488 g/mol. The number of rotatable bonds is 11. The first-order valence-corrected chi connectivity index (χ1v) is 15.2. The molecule has 9 heteroatoms. The number of hydrogen-bond donors (Lipinski definition) is 6. The molecule has 0 aromatic rings. The molecule has 4 rings (SSSR count). The highest BCUT2D eigenvalue weighted by Gasteiger charge is 2.42. The topological polar surface area (TPSA) is 159 Å². The van der Waals surface area contributed by atoms with Gasteiger partial charge in [0.25, 0.3) is 0 Å². The van der Waals surface area contributed by atoms with E-state index in [1.807, 2.05) is 0 Å². The van der Waals surface area contributed by atoms with Crippen LogP contribution >= 0.6 is 0 Å². The number of aliphatic hydroxyl groups is 4. The quantitative estimate of drug-likeness (QED) is 0.220. The summed E-state index contributed by atoms with van der Waals surface area (Å²) in [6, 6.07) is 0. The molecule has 0 aromatic carbocycles. The van der Waals surface area contributed by atoms with Crippen molar-refractivity contribution in [3.05, 3.63) is 0 Å². The third-order valence-corrected chi connectivity index (χ3v) is 10.2. The van der Waals surface area contributed by atoms with Crippen LogP contribution in [-0.2, 0) is 14.3 Å². The lowest BCUT2D eigenvalue weighted by Gasteiger charge is -2.44. The summed E-state index contributed by atoms with van der Waals surface area (Å²) in [5.41, 5.74) is 6.20. The molecule has 2 saturated carbocycles. The second-order valence-electron chi connectivity index (χ2n) is 12.8. The van der Waals surface area contributed by atoms with E-state index in [9.17, 15) is 25.2 Å². The molecule has 10 unspecified atom stereocenters. The molecule has 0 spiro atoms. The fraction of sp³-hybridized carbons (Fsp3) is 0.966. The summed E-state index contributed by atoms with van der Waals surface area (Å²) in [5, 5.41) is 44.4. The minimum absolute atomic E-state index is 0.0553. The van der Waals surface area contributed by atoms with E-state index in [1.165, 1.54) is 0 Å². The fourth-order valence-electron chi connectivity index (χ4n) is 7.95. The number of hydrogen-bond acceptors (Lipinski definition) is 8. The van der Waals surface area contributed by atoms with Gasteiger partial charge in [0.05, 0.1) is 37.1 Å². The normalized spacial score (nSPS) is 41.7. The van der Waals surface area contributed by atoms with Crippen molar-refractivity contribution in [2.24, 2.45) is 35.3 Å². The van der Waals surface area contributed by atoms with Crippen LogP contribution in [0.5, 0.6) is 0 Å². The van der Waals surface area contributed by atoms with Crippen molar-refractivity contribution in [2.75, 3.05) is 20.3 Å². The van der Waals surface area contributed by atoms with E-state index < -0.39 is 30.3 Å². The van der Waals surface area contributed by atoms with Crippen LogP contribution in [0, 0.1) is 29.6 Å². The average Bonchev–Trinajstić information content (AvgIpc) is 2.91. The molecule has 8 N–H and O–H groups in total. The van der Waals surface area contributed by atoms with Gasteiger partial charge in [0.15, 0.2) is 0 Å². The van der Waals surface area contributed by atoms with E-state index in [-0.39, 0.29) is 30.1 Å². The summed E-state index contributed by atoms with van der Waals surface area (Å²) in [6.07, 6.45) is 6.59. The lowest BCUT2D eigenvalue weighted by Crippen LogP contribution is -2.94. The minimum Gasteiger partial charge on any atom is -0.392 e. The first kappa shape index (κ1) is 30.3. The zero-order valence-corrected chi connectivity index (χ0v) is 23.2. The Kier molecular flexibility index (Phi) is 11.4. The Morgan fingerprint density at radius 1 is 1.05 bits per heavy atom. The van der Waals surface area contributed by atoms with Gasteiger partial charge in [0.1, 0.15) is 18.1 Å². The Balaban J connectivity index is 1.35. The number of ketones is 1. The van der Waals surface area contributed by atoms with Crippen molar-refractivity contribution >= 4 is 5.78 Å². The second-order valence-corrected chi connectivity index (χ2v) is 12.8. The number of piperidine rings is 1. The van der Waals surface area contributed by atoms with E-state index >= 15 is 0 Å². The Hall–Kier alpha value is -0.650. The zero-order valence-electron chi connectivity index (χ0n) is 23.2. The first-order chi connectivity index (χ1) is 18.3. The Morgan fingerprint density at radius 2 is 1.87 bits per heavy atom. The monoisotopic (exact) mass is 541 g/mol. The van der Waals surface area contributed by atoms with Gasteiger partial charge in [0.2, 0.25) is 0 Å². The van der Waals surface area contributed by atoms with E-state index in [2.05, 4.69) is 5.32 Å². The smallest absolute Gasteiger partial charge is 0.138 e. The number of Topliss-reactive ketones (excluding diaryl/α,β-unsaturated/α-hetero) is 1. The van der Waals surface area contributed by atoms with Crippen molar-refractivity contribution in [1.29, 1.82) is 0 Å². The molecule has 4 fully saturated rings. The van der Waals surface area contributed by atoms with Crippen LogP contribution in [-0.4, -0.2) is 89.3 Å². The fourth-order valence-corrected chi connectivity index (χ4v) is 7.95. The number of fused-ring (bicyclic) bond motifs is 1. The predicted octanol–water partition coefficient (Wildman–Crippen LogP) is 0.454. The molecule has 0 aromatic heterocycles. The average molecular weight is 542 g/mol. The molecule has 2 heterocycles. The maximum Gasteiger partial charge on any atom is 0.138 e. The molecular formula is C29H53N2O7+. The van der Waals surface area contributed by atoms with Gasteiger partial charge in [-0.05, 0) is 94.3 Å². The van der Waals surface area contributed by atoms with Crippen molar-refractivity contribution in [3.63, 3.8) is 0 Å². The van der Waals surface area contributed by atoms with Gasteiger partial charge >= 0.3 is 0 Å². The number of nitrogens with two attached hydrogens (primary N) is 2. The van der Waals surface area contributed by atoms with E-state index in [0.29, 0.717) is 62.9 Å². The minimum atomic E-state index is -0.885. The molecule has 220 valence electrons. The van der Waals surface area contributed by atoms with E-state index in [0.717, 1.165) is 51.5 Å². The van der Waals surface area contributed by atoms with Gasteiger partial charge in [-0.25, -0.2) is 0 Å². The Morgan fingerprint density at radius 3 is 2.63 bits per heavy atom. The number of carbonyl (C=O) groups is 1. The lowest BCUT2D eigenvalue weighted by atomic mass is 9.70. The third kappa shape index (κ3) is 7.75. The van der Waals surface area contributed by atoms with E-state index in [4.69, 9.17) is 15.2 Å². The molecule has 0 radical (unpaired) electrons. The molecule has 2 saturated heterocycles. The molecule has 0 amide bonds. The summed E-state index contributed by atoms with van der Waals surface area (Å²) < 4.78 is 11.3. The summed E-state index contributed by atoms with van der Waals surface area (Å²) in [4.78, 5) is 13.6. The standard InChI is InChI=1S/C29H52N2O7/c1-37-26-15-17(14-25(35)28(26)36)4-7-22(32)21(13-18-10-11-31-27(30)16-18)23(33)8-5-19-6-9-24(34)29-20(19)3-2-12-38-29/h17-21,23-29,31,33-36H,2-16,30H2,1H3/p+1/t17?,18?,19?,20?,21-,23+,24?,25?,26?,27?,28?,29?/m0/s1. The van der Waals surface area contributed by atoms with Gasteiger partial charge in [-0.15, -0.1) is 0 Å². The maximum absolute atomic E-state index is 13.6. The lowest BCUT2D eigenvalue weighted by molar-refractivity contribution is -0.699. The molecule has 9 nitrogen and oxygen atoms in total. The molecule has 2 aliphatic carbocycles. The molecule has 2 aliphatic heterocycles. The summed E-state index contributed by atoms with van der Waals surface area (Å²) >= 11 is 0. The molecule has 4 aliphatic rings. The molecule has 12 atom stereocenters. The SMILES string of the molecule is COC1CC(CCC(=O)[C@H](CC2CC[NH2+]C(N)C2)[C@H](O)CCC2CCC(O)C3OCCCC23)CC(O)C1O. The van der Waals surface area contributed by atoms with Crippen LogP contribution < -0.4 is 11.1 Å². The highest BCUT2D eigenvalue weighted by atomic mass is 16.5. The number of ether oxygens (including phenoxy) is 2. The van der Waals surface area contributed by atoms with Crippen molar-refractivity contribution < 1.29 is 40.0 Å². The van der Waals surface area contributed by atoms with Crippen molar-refractivity contribution in [3.8, 4) is 0 Å². The van der Waals surface area contributed by atoms with Crippen LogP contribution in [0.1, 0.15) is 83.5 Å². The highest BCUT2D eigenvalue weighted by Crippen LogP contribution is 2.41. The molecule has 0 bridgehead atoms. The van der Waals surface area contributed by atoms with Crippen LogP contribution in [0.4, 0.5) is 0 Å². The van der Waals surface area contributed by atoms with Crippen LogP contribution in [0.2, 0.25) is 0 Å². The summed E-state index contributed by atoms with van der Waals surface area (Å²) in [5.74, 6) is 0.887. The van der Waals surface area contributed by atoms with Crippen molar-refractivity contribution in [2.45, 2.75) is 126 Å². The van der Waals surface area contributed by atoms with Crippen LogP contribution in [0.25, 0.3) is 0 Å². The zero-order chi connectivity index (χ0) is 27.2.